The Morgan fingerprint density at radius 2 is 1.70 bits per heavy atom. The molecule has 1 heterocycles. The first-order valence-corrected chi connectivity index (χ1v) is 10.4. The van der Waals surface area contributed by atoms with Crippen molar-refractivity contribution in [3.05, 3.63) is 29.8 Å². The zero-order valence-electron chi connectivity index (χ0n) is 15.6. The summed E-state index contributed by atoms with van der Waals surface area (Å²) in [5.74, 6) is -1.38. The molecule has 27 heavy (non-hydrogen) atoms. The molecule has 1 aromatic carbocycles. The van der Waals surface area contributed by atoms with Gasteiger partial charge in [-0.2, -0.15) is 4.31 Å². The van der Waals surface area contributed by atoms with Crippen LogP contribution in [0.5, 0.6) is 0 Å². The lowest BCUT2D eigenvalue weighted by molar-refractivity contribution is -0.149. The van der Waals surface area contributed by atoms with Crippen LogP contribution in [0.1, 0.15) is 37.0 Å². The molecule has 0 bridgehead atoms. The van der Waals surface area contributed by atoms with Crippen molar-refractivity contribution in [1.29, 1.82) is 0 Å². The number of carbonyl (C=O) groups is 2. The van der Waals surface area contributed by atoms with Crippen molar-refractivity contribution in [3.8, 4) is 0 Å². The fraction of sp³-hybridized carbons (Fsp3) is 0.556. The number of carbonyl (C=O) groups excluding carboxylic acids is 1. The average molecular weight is 398 g/mol. The molecule has 0 spiro atoms. The van der Waals surface area contributed by atoms with Crippen molar-refractivity contribution < 1.29 is 27.9 Å². The van der Waals surface area contributed by atoms with Crippen molar-refractivity contribution in [3.63, 3.8) is 0 Å². The normalized spacial score (nSPS) is 16.1. The molecule has 0 aromatic heterocycles. The van der Waals surface area contributed by atoms with Gasteiger partial charge in [-0.1, -0.05) is 13.8 Å². The second kappa shape index (κ2) is 8.81. The first kappa shape index (κ1) is 21.3. The summed E-state index contributed by atoms with van der Waals surface area (Å²) in [5.41, 5.74) is -0.725. The Balaban J connectivity index is 2.08. The number of hydrogen-bond donors (Lipinski definition) is 2. The van der Waals surface area contributed by atoms with Crippen molar-refractivity contribution in [2.45, 2.75) is 31.6 Å². The van der Waals surface area contributed by atoms with Gasteiger partial charge in [0.1, 0.15) is 0 Å². The number of nitrogens with zero attached hydrogens (tertiary/aromatic N) is 1. The van der Waals surface area contributed by atoms with E-state index in [1.165, 1.54) is 28.6 Å². The first-order valence-electron chi connectivity index (χ1n) is 8.96. The van der Waals surface area contributed by atoms with Gasteiger partial charge >= 0.3 is 5.97 Å². The number of ether oxygens (including phenoxy) is 1. The van der Waals surface area contributed by atoms with Crippen molar-refractivity contribution >= 4 is 21.9 Å². The molecule has 1 fully saturated rings. The second-order valence-electron chi connectivity index (χ2n) is 6.52. The molecule has 0 atom stereocenters. The molecule has 1 amide bonds. The van der Waals surface area contributed by atoms with Crippen LogP contribution in [-0.4, -0.2) is 62.6 Å². The topological polar surface area (TPSA) is 113 Å². The molecule has 2 N–H and O–H groups in total. The predicted octanol–water partition coefficient (Wildman–Crippen LogP) is 1.33. The number of carboxylic acids is 1. The summed E-state index contributed by atoms with van der Waals surface area (Å²) in [5, 5.41) is 12.1. The smallest absolute Gasteiger partial charge is 0.311 e. The molecule has 1 aromatic rings. The lowest BCUT2D eigenvalue weighted by Gasteiger charge is -2.27. The molecule has 8 nitrogen and oxygen atoms in total. The van der Waals surface area contributed by atoms with Crippen LogP contribution in [0.4, 0.5) is 0 Å². The maximum atomic E-state index is 12.6. The first-order chi connectivity index (χ1) is 12.8. The number of hydrogen-bond acceptors (Lipinski definition) is 5. The monoisotopic (exact) mass is 398 g/mol. The number of amides is 1. The maximum Gasteiger partial charge on any atom is 0.311 e. The number of sulfonamides is 1. The van der Waals surface area contributed by atoms with Gasteiger partial charge in [0, 0.05) is 25.2 Å². The minimum atomic E-state index is -3.62. The van der Waals surface area contributed by atoms with Gasteiger partial charge in [0.25, 0.3) is 5.91 Å². The minimum Gasteiger partial charge on any atom is -0.481 e. The fourth-order valence-corrected chi connectivity index (χ4v) is 4.35. The Labute approximate surface area is 159 Å². The van der Waals surface area contributed by atoms with Crippen LogP contribution < -0.4 is 5.32 Å². The van der Waals surface area contributed by atoms with Crippen LogP contribution in [0.3, 0.4) is 0 Å². The largest absolute Gasteiger partial charge is 0.481 e. The molecule has 1 aliphatic heterocycles. The number of rotatable bonds is 8. The highest BCUT2D eigenvalue weighted by Crippen LogP contribution is 2.26. The van der Waals surface area contributed by atoms with Gasteiger partial charge in [0.2, 0.25) is 10.0 Å². The van der Waals surface area contributed by atoms with E-state index in [0.717, 1.165) is 0 Å². The molecule has 0 unspecified atom stereocenters. The standard InChI is InChI=1S/C18H26N2O6S/c1-3-18(4-2,17(22)23)13-19-16(21)14-5-7-15(8-6-14)27(24,25)20-9-11-26-12-10-20/h5-8H,3-4,9-13H2,1-2H3,(H,19,21)(H,22,23). The summed E-state index contributed by atoms with van der Waals surface area (Å²) in [6, 6.07) is 5.65. The van der Waals surface area contributed by atoms with Gasteiger partial charge in [-0.15, -0.1) is 0 Å². The van der Waals surface area contributed by atoms with E-state index in [1.807, 2.05) is 0 Å². The highest BCUT2D eigenvalue weighted by Gasteiger charge is 2.35. The van der Waals surface area contributed by atoms with Gasteiger partial charge in [0.05, 0.1) is 23.5 Å². The van der Waals surface area contributed by atoms with E-state index < -0.39 is 27.3 Å². The molecule has 2 rings (SSSR count). The molecule has 9 heteroatoms. The van der Waals surface area contributed by atoms with Gasteiger partial charge in [-0.05, 0) is 37.1 Å². The number of aliphatic carboxylic acids is 1. The molecule has 0 aliphatic carbocycles. The SMILES string of the molecule is CCC(CC)(CNC(=O)c1ccc(S(=O)(=O)N2CCOCC2)cc1)C(=O)O. The Kier molecular flexibility index (Phi) is 6.96. The zero-order chi connectivity index (χ0) is 20.1. The minimum absolute atomic E-state index is 0.0159. The van der Waals surface area contributed by atoms with E-state index in [1.54, 1.807) is 13.8 Å². The molecular formula is C18H26N2O6S. The number of carboxylic acid groups (broad SMARTS) is 1. The molecule has 0 radical (unpaired) electrons. The van der Waals surface area contributed by atoms with Crippen LogP contribution in [0.25, 0.3) is 0 Å². The summed E-state index contributed by atoms with van der Waals surface area (Å²) < 4.78 is 31.7. The average Bonchev–Trinajstić information content (AvgIpc) is 2.69. The summed E-state index contributed by atoms with van der Waals surface area (Å²) in [6.07, 6.45) is 0.797. The molecule has 150 valence electrons. The lowest BCUT2D eigenvalue weighted by atomic mass is 9.82. The van der Waals surface area contributed by atoms with E-state index >= 15 is 0 Å². The number of morpholine rings is 1. The third-order valence-corrected chi connectivity index (χ3v) is 7.03. The van der Waals surface area contributed by atoms with E-state index in [9.17, 15) is 23.1 Å². The Hall–Kier alpha value is -1.97. The summed E-state index contributed by atoms with van der Waals surface area (Å²) >= 11 is 0. The fourth-order valence-electron chi connectivity index (χ4n) is 2.94. The van der Waals surface area contributed by atoms with Gasteiger partial charge in [0.15, 0.2) is 0 Å². The van der Waals surface area contributed by atoms with Crippen molar-refractivity contribution in [2.75, 3.05) is 32.8 Å². The van der Waals surface area contributed by atoms with E-state index in [-0.39, 0.29) is 17.0 Å². The summed E-state index contributed by atoms with van der Waals surface area (Å²) in [6.45, 7) is 4.89. The van der Waals surface area contributed by atoms with Crippen LogP contribution in [0, 0.1) is 5.41 Å². The van der Waals surface area contributed by atoms with Gasteiger partial charge in [-0.3, -0.25) is 9.59 Å². The van der Waals surface area contributed by atoms with Gasteiger partial charge in [-0.25, -0.2) is 8.42 Å². The lowest BCUT2D eigenvalue weighted by Crippen LogP contribution is -2.42. The number of benzene rings is 1. The third-order valence-electron chi connectivity index (χ3n) is 5.12. The van der Waals surface area contributed by atoms with Crippen molar-refractivity contribution in [2.24, 2.45) is 5.41 Å². The molecule has 0 saturated carbocycles. The van der Waals surface area contributed by atoms with Crippen LogP contribution in [-0.2, 0) is 19.6 Å². The Morgan fingerprint density at radius 1 is 1.15 bits per heavy atom. The Bertz CT molecular complexity index is 766. The van der Waals surface area contributed by atoms with E-state index in [4.69, 9.17) is 4.74 Å². The third kappa shape index (κ3) is 4.66. The Morgan fingerprint density at radius 3 is 2.19 bits per heavy atom. The molecule has 1 aliphatic rings. The predicted molar refractivity (Wildman–Crippen MR) is 99.0 cm³/mol. The van der Waals surface area contributed by atoms with Crippen molar-refractivity contribution in [1.82, 2.24) is 9.62 Å². The van der Waals surface area contributed by atoms with E-state index in [0.29, 0.717) is 39.1 Å². The second-order valence-corrected chi connectivity index (χ2v) is 8.45. The quantitative estimate of drug-likeness (QED) is 0.683. The van der Waals surface area contributed by atoms with Gasteiger partial charge < -0.3 is 15.2 Å². The molecular weight excluding hydrogens is 372 g/mol. The molecule has 1 saturated heterocycles. The summed E-state index contributed by atoms with van der Waals surface area (Å²) in [7, 11) is -3.62. The van der Waals surface area contributed by atoms with E-state index in [2.05, 4.69) is 5.32 Å². The highest BCUT2D eigenvalue weighted by atomic mass is 32.2. The zero-order valence-corrected chi connectivity index (χ0v) is 16.4. The van der Waals surface area contributed by atoms with Crippen LogP contribution >= 0.6 is 0 Å². The van der Waals surface area contributed by atoms with Crippen LogP contribution in [0.15, 0.2) is 29.2 Å². The van der Waals surface area contributed by atoms with Crippen LogP contribution in [0.2, 0.25) is 0 Å². The maximum absolute atomic E-state index is 12.6. The number of nitrogens with one attached hydrogen (secondary N) is 1. The summed E-state index contributed by atoms with van der Waals surface area (Å²) in [4.78, 5) is 23.9. The highest BCUT2D eigenvalue weighted by molar-refractivity contribution is 7.89.